The molecule has 18 heavy (non-hydrogen) atoms. The fraction of sp³-hybridized carbons (Fsp3) is 0.538. The van der Waals surface area contributed by atoms with Crippen LogP contribution in [0.1, 0.15) is 26.7 Å². The van der Waals surface area contributed by atoms with Gasteiger partial charge in [-0.15, -0.1) is 0 Å². The number of aromatic nitrogens is 1. The Kier molecular flexibility index (Phi) is 3.52. The summed E-state index contributed by atoms with van der Waals surface area (Å²) < 4.78 is 0. The summed E-state index contributed by atoms with van der Waals surface area (Å²) in [6.07, 6.45) is 3.60. The Morgan fingerprint density at radius 1 is 1.50 bits per heavy atom. The molecule has 0 aromatic carbocycles. The van der Waals surface area contributed by atoms with E-state index in [2.05, 4.69) is 15.6 Å². The number of aliphatic hydroxyl groups is 1. The number of pyridine rings is 1. The minimum absolute atomic E-state index is 0.0227. The summed E-state index contributed by atoms with van der Waals surface area (Å²) in [6.45, 7) is 3.80. The van der Waals surface area contributed by atoms with E-state index in [-0.39, 0.29) is 18.4 Å². The highest BCUT2D eigenvalue weighted by Crippen LogP contribution is 2.30. The molecule has 5 heteroatoms. The van der Waals surface area contributed by atoms with Gasteiger partial charge in [0.2, 0.25) is 5.91 Å². The summed E-state index contributed by atoms with van der Waals surface area (Å²) in [5.74, 6) is 0.947. The van der Waals surface area contributed by atoms with Crippen molar-refractivity contribution in [2.24, 2.45) is 5.92 Å². The largest absolute Gasteiger partial charge is 0.394 e. The van der Waals surface area contributed by atoms with Crippen molar-refractivity contribution in [3.05, 3.63) is 18.3 Å². The van der Waals surface area contributed by atoms with E-state index in [1.807, 2.05) is 19.9 Å². The van der Waals surface area contributed by atoms with Crippen LogP contribution in [0.5, 0.6) is 0 Å². The van der Waals surface area contributed by atoms with Crippen LogP contribution >= 0.6 is 0 Å². The first-order chi connectivity index (χ1) is 8.50. The first kappa shape index (κ1) is 12.8. The number of hydrogen-bond donors (Lipinski definition) is 3. The normalized spacial score (nSPS) is 15.3. The van der Waals surface area contributed by atoms with Crippen LogP contribution in [0.2, 0.25) is 0 Å². The number of amides is 1. The zero-order valence-corrected chi connectivity index (χ0v) is 10.7. The summed E-state index contributed by atoms with van der Waals surface area (Å²) in [5, 5.41) is 15.1. The van der Waals surface area contributed by atoms with Crippen LogP contribution < -0.4 is 10.6 Å². The van der Waals surface area contributed by atoms with Gasteiger partial charge in [0.25, 0.3) is 0 Å². The molecule has 1 aliphatic rings. The van der Waals surface area contributed by atoms with Crippen molar-refractivity contribution in [3.8, 4) is 0 Å². The average molecular weight is 249 g/mol. The van der Waals surface area contributed by atoms with Crippen LogP contribution in [0.4, 0.5) is 11.5 Å². The number of rotatable bonds is 5. The SMILES string of the molecule is CC(C)(CO)Nc1ccc(NC(=O)C2CC2)cn1. The Morgan fingerprint density at radius 3 is 2.72 bits per heavy atom. The predicted molar refractivity (Wildman–Crippen MR) is 70.4 cm³/mol. The molecule has 1 saturated carbocycles. The summed E-state index contributed by atoms with van der Waals surface area (Å²) >= 11 is 0. The van der Waals surface area contributed by atoms with Gasteiger partial charge in [0.15, 0.2) is 0 Å². The van der Waals surface area contributed by atoms with Crippen molar-refractivity contribution < 1.29 is 9.90 Å². The smallest absolute Gasteiger partial charge is 0.227 e. The van der Waals surface area contributed by atoms with Gasteiger partial charge in [-0.2, -0.15) is 0 Å². The Balaban J connectivity index is 1.94. The van der Waals surface area contributed by atoms with Crippen LogP contribution in [0.25, 0.3) is 0 Å². The fourth-order valence-corrected chi connectivity index (χ4v) is 1.52. The molecule has 0 saturated heterocycles. The fourth-order valence-electron chi connectivity index (χ4n) is 1.52. The highest BCUT2D eigenvalue weighted by molar-refractivity contribution is 5.93. The monoisotopic (exact) mass is 249 g/mol. The molecule has 1 aromatic rings. The van der Waals surface area contributed by atoms with Gasteiger partial charge in [0.05, 0.1) is 24.0 Å². The van der Waals surface area contributed by atoms with E-state index < -0.39 is 5.54 Å². The van der Waals surface area contributed by atoms with Crippen LogP contribution in [0.3, 0.4) is 0 Å². The molecule has 2 rings (SSSR count). The molecule has 1 fully saturated rings. The van der Waals surface area contributed by atoms with E-state index in [1.54, 1.807) is 12.3 Å². The lowest BCUT2D eigenvalue weighted by Crippen LogP contribution is -2.35. The highest BCUT2D eigenvalue weighted by atomic mass is 16.3. The number of nitrogens with one attached hydrogen (secondary N) is 2. The molecule has 0 unspecified atom stereocenters. The second-order valence-corrected chi connectivity index (χ2v) is 5.36. The quantitative estimate of drug-likeness (QED) is 0.741. The van der Waals surface area contributed by atoms with E-state index in [4.69, 9.17) is 5.11 Å². The molecule has 3 N–H and O–H groups in total. The number of carbonyl (C=O) groups excluding carboxylic acids is 1. The van der Waals surface area contributed by atoms with E-state index in [9.17, 15) is 4.79 Å². The molecular weight excluding hydrogens is 230 g/mol. The summed E-state index contributed by atoms with van der Waals surface area (Å²) in [6, 6.07) is 3.60. The van der Waals surface area contributed by atoms with E-state index >= 15 is 0 Å². The molecule has 1 amide bonds. The van der Waals surface area contributed by atoms with Gasteiger partial charge in [-0.3, -0.25) is 4.79 Å². The first-order valence-corrected chi connectivity index (χ1v) is 6.16. The van der Waals surface area contributed by atoms with Gasteiger partial charge in [-0.1, -0.05) is 0 Å². The molecular formula is C13H19N3O2. The zero-order valence-electron chi connectivity index (χ0n) is 10.7. The van der Waals surface area contributed by atoms with Gasteiger partial charge in [0, 0.05) is 5.92 Å². The Labute approximate surface area is 107 Å². The summed E-state index contributed by atoms with van der Waals surface area (Å²) in [7, 11) is 0. The minimum Gasteiger partial charge on any atom is -0.394 e. The van der Waals surface area contributed by atoms with Gasteiger partial charge in [-0.05, 0) is 38.8 Å². The van der Waals surface area contributed by atoms with Crippen molar-refractivity contribution >= 4 is 17.4 Å². The molecule has 1 heterocycles. The topological polar surface area (TPSA) is 74.2 Å². The maximum atomic E-state index is 11.5. The number of carbonyl (C=O) groups is 1. The Hall–Kier alpha value is -1.62. The van der Waals surface area contributed by atoms with E-state index in [0.29, 0.717) is 11.5 Å². The van der Waals surface area contributed by atoms with Crippen molar-refractivity contribution in [1.82, 2.24) is 4.98 Å². The number of hydrogen-bond acceptors (Lipinski definition) is 4. The third-order valence-corrected chi connectivity index (χ3v) is 2.84. The highest BCUT2D eigenvalue weighted by Gasteiger charge is 2.29. The summed E-state index contributed by atoms with van der Waals surface area (Å²) in [4.78, 5) is 15.8. The lowest BCUT2D eigenvalue weighted by atomic mass is 10.1. The van der Waals surface area contributed by atoms with Crippen molar-refractivity contribution in [2.75, 3.05) is 17.2 Å². The van der Waals surface area contributed by atoms with Gasteiger partial charge < -0.3 is 15.7 Å². The maximum absolute atomic E-state index is 11.5. The maximum Gasteiger partial charge on any atom is 0.227 e. The number of nitrogens with zero attached hydrogens (tertiary/aromatic N) is 1. The second-order valence-electron chi connectivity index (χ2n) is 5.36. The van der Waals surface area contributed by atoms with Crippen molar-refractivity contribution in [3.63, 3.8) is 0 Å². The third-order valence-electron chi connectivity index (χ3n) is 2.84. The number of anilines is 2. The average Bonchev–Trinajstić information content (AvgIpc) is 3.15. The molecule has 0 spiro atoms. The van der Waals surface area contributed by atoms with Crippen LogP contribution in [-0.4, -0.2) is 28.1 Å². The molecule has 1 aliphatic carbocycles. The minimum atomic E-state index is -0.411. The lowest BCUT2D eigenvalue weighted by Gasteiger charge is -2.24. The van der Waals surface area contributed by atoms with Crippen LogP contribution in [-0.2, 0) is 4.79 Å². The van der Waals surface area contributed by atoms with E-state index in [1.165, 1.54) is 0 Å². The van der Waals surface area contributed by atoms with Crippen molar-refractivity contribution in [1.29, 1.82) is 0 Å². The molecule has 0 radical (unpaired) electrons. The van der Waals surface area contributed by atoms with Gasteiger partial charge in [0.1, 0.15) is 5.82 Å². The standard InChI is InChI=1S/C13H19N3O2/c1-13(2,8-17)16-11-6-5-10(7-14-11)15-12(18)9-3-4-9/h5-7,9,17H,3-4,8H2,1-2H3,(H,14,16)(H,15,18). The zero-order chi connectivity index (χ0) is 13.2. The van der Waals surface area contributed by atoms with Gasteiger partial charge in [-0.25, -0.2) is 4.98 Å². The molecule has 5 nitrogen and oxygen atoms in total. The van der Waals surface area contributed by atoms with Crippen LogP contribution in [0, 0.1) is 5.92 Å². The third kappa shape index (κ3) is 3.43. The molecule has 0 bridgehead atoms. The Bertz CT molecular complexity index is 424. The first-order valence-electron chi connectivity index (χ1n) is 6.16. The Morgan fingerprint density at radius 2 is 2.22 bits per heavy atom. The van der Waals surface area contributed by atoms with Crippen LogP contribution in [0.15, 0.2) is 18.3 Å². The second kappa shape index (κ2) is 4.94. The number of aliphatic hydroxyl groups excluding tert-OH is 1. The lowest BCUT2D eigenvalue weighted by molar-refractivity contribution is -0.117. The molecule has 1 aromatic heterocycles. The molecule has 98 valence electrons. The molecule has 0 aliphatic heterocycles. The van der Waals surface area contributed by atoms with E-state index in [0.717, 1.165) is 12.8 Å². The van der Waals surface area contributed by atoms with Gasteiger partial charge >= 0.3 is 0 Å². The summed E-state index contributed by atoms with van der Waals surface area (Å²) in [5.41, 5.74) is 0.297. The van der Waals surface area contributed by atoms with Crippen molar-refractivity contribution in [2.45, 2.75) is 32.2 Å². The molecule has 0 atom stereocenters. The predicted octanol–water partition coefficient (Wildman–Crippen LogP) is 1.61.